The van der Waals surface area contributed by atoms with Crippen LogP contribution in [0.15, 0.2) is 54.6 Å². The van der Waals surface area contributed by atoms with Crippen LogP contribution in [-0.2, 0) is 16.0 Å². The zero-order valence-corrected chi connectivity index (χ0v) is 20.3. The van der Waals surface area contributed by atoms with Crippen LogP contribution < -0.4 is 0 Å². The number of benzene rings is 2. The Hall–Kier alpha value is -3.45. The van der Waals surface area contributed by atoms with E-state index in [0.29, 0.717) is 24.9 Å². The fourth-order valence-corrected chi connectivity index (χ4v) is 4.65. The molecule has 1 amide bonds. The molecule has 4 rings (SSSR count). The van der Waals surface area contributed by atoms with Gasteiger partial charge in [0.2, 0.25) is 0 Å². The summed E-state index contributed by atoms with van der Waals surface area (Å²) >= 11 is 0. The van der Waals surface area contributed by atoms with Crippen LogP contribution in [-0.4, -0.2) is 65.2 Å². The summed E-state index contributed by atoms with van der Waals surface area (Å²) in [5.41, 5.74) is 5.64. The molecule has 1 unspecified atom stereocenters. The lowest BCUT2D eigenvalue weighted by molar-refractivity contribution is -0.140. The highest BCUT2D eigenvalue weighted by Crippen LogP contribution is 2.27. The first-order valence-corrected chi connectivity index (χ1v) is 11.7. The van der Waals surface area contributed by atoms with Gasteiger partial charge in [0.1, 0.15) is 0 Å². The Labute approximate surface area is 200 Å². The summed E-state index contributed by atoms with van der Waals surface area (Å²) in [5, 5.41) is 4.67. The van der Waals surface area contributed by atoms with Gasteiger partial charge < -0.3 is 14.5 Å². The number of rotatable bonds is 6. The summed E-state index contributed by atoms with van der Waals surface area (Å²) in [6.45, 7) is 6.31. The lowest BCUT2D eigenvalue weighted by atomic mass is 10.0. The van der Waals surface area contributed by atoms with Crippen molar-refractivity contribution >= 4 is 11.9 Å². The van der Waals surface area contributed by atoms with Crippen molar-refractivity contribution in [3.8, 4) is 5.69 Å². The van der Waals surface area contributed by atoms with E-state index in [2.05, 4.69) is 29.2 Å². The molecule has 7 heteroatoms. The molecule has 0 N–H and O–H groups in total. The topological polar surface area (TPSA) is 67.7 Å². The van der Waals surface area contributed by atoms with Crippen molar-refractivity contribution in [2.45, 2.75) is 32.7 Å². The first-order valence-electron chi connectivity index (χ1n) is 11.7. The number of likely N-dealkylation sites (N-methyl/N-ethyl adjacent to an activating group) is 1. The molecule has 1 aliphatic rings. The van der Waals surface area contributed by atoms with Crippen molar-refractivity contribution < 1.29 is 14.3 Å². The molecule has 2 heterocycles. The summed E-state index contributed by atoms with van der Waals surface area (Å²) in [4.78, 5) is 29.3. The summed E-state index contributed by atoms with van der Waals surface area (Å²) in [6.07, 6.45) is 0.913. The molecule has 3 aromatic rings. The molecule has 1 aromatic heterocycles. The van der Waals surface area contributed by atoms with Gasteiger partial charge in [0.15, 0.2) is 0 Å². The van der Waals surface area contributed by atoms with Gasteiger partial charge >= 0.3 is 5.97 Å². The third kappa shape index (κ3) is 4.89. The highest BCUT2D eigenvalue weighted by atomic mass is 16.5. The van der Waals surface area contributed by atoms with E-state index in [1.54, 1.807) is 0 Å². The fourth-order valence-electron chi connectivity index (χ4n) is 4.65. The second kappa shape index (κ2) is 10.2. The van der Waals surface area contributed by atoms with Crippen molar-refractivity contribution in [2.24, 2.45) is 0 Å². The van der Waals surface area contributed by atoms with E-state index in [9.17, 15) is 9.59 Å². The monoisotopic (exact) mass is 460 g/mol. The SMILES string of the molecule is COC(=O)CCc1c(C)nn(-c2ccc(C(=O)N3CCN(C)CC3c3ccccc3)cc2)c1C. The van der Waals surface area contributed by atoms with Gasteiger partial charge in [-0.25, -0.2) is 4.68 Å². The molecule has 0 spiro atoms. The zero-order chi connectivity index (χ0) is 24.2. The van der Waals surface area contributed by atoms with Gasteiger partial charge in [0.05, 0.1) is 24.5 Å². The van der Waals surface area contributed by atoms with Crippen LogP contribution in [0.2, 0.25) is 0 Å². The second-order valence-corrected chi connectivity index (χ2v) is 8.87. The van der Waals surface area contributed by atoms with Crippen LogP contribution in [0.5, 0.6) is 0 Å². The molecule has 178 valence electrons. The molecule has 34 heavy (non-hydrogen) atoms. The Morgan fingerprint density at radius 1 is 1.03 bits per heavy atom. The van der Waals surface area contributed by atoms with Crippen molar-refractivity contribution in [3.63, 3.8) is 0 Å². The highest BCUT2D eigenvalue weighted by Gasteiger charge is 2.30. The first-order chi connectivity index (χ1) is 16.4. The lowest BCUT2D eigenvalue weighted by Crippen LogP contribution is -2.49. The van der Waals surface area contributed by atoms with Crippen LogP contribution in [0, 0.1) is 13.8 Å². The van der Waals surface area contributed by atoms with Crippen LogP contribution in [0.3, 0.4) is 0 Å². The van der Waals surface area contributed by atoms with E-state index in [-0.39, 0.29) is 17.9 Å². The minimum atomic E-state index is -0.230. The summed E-state index contributed by atoms with van der Waals surface area (Å²) in [5.74, 6) is -0.187. The highest BCUT2D eigenvalue weighted by molar-refractivity contribution is 5.94. The molecule has 1 saturated heterocycles. The number of methoxy groups -OCH3 is 1. The van der Waals surface area contributed by atoms with E-state index in [4.69, 9.17) is 4.74 Å². The lowest BCUT2D eigenvalue weighted by Gasteiger charge is -2.40. The third-order valence-corrected chi connectivity index (χ3v) is 6.64. The number of hydrogen-bond acceptors (Lipinski definition) is 5. The number of aryl methyl sites for hydroxylation is 1. The molecule has 0 aliphatic carbocycles. The quantitative estimate of drug-likeness (QED) is 0.525. The van der Waals surface area contributed by atoms with Crippen molar-refractivity contribution in [1.29, 1.82) is 0 Å². The van der Waals surface area contributed by atoms with Crippen LogP contribution >= 0.6 is 0 Å². The molecule has 0 saturated carbocycles. The average Bonchev–Trinajstić information content (AvgIpc) is 3.15. The molecule has 1 aliphatic heterocycles. The number of aromatic nitrogens is 2. The number of ether oxygens (including phenoxy) is 1. The van der Waals surface area contributed by atoms with Crippen molar-refractivity contribution in [1.82, 2.24) is 19.6 Å². The van der Waals surface area contributed by atoms with E-state index in [1.807, 2.05) is 65.9 Å². The van der Waals surface area contributed by atoms with Crippen molar-refractivity contribution in [2.75, 3.05) is 33.8 Å². The number of carbonyl (C=O) groups excluding carboxylic acids is 2. The number of nitrogens with zero attached hydrogens (tertiary/aromatic N) is 4. The maximum Gasteiger partial charge on any atom is 0.305 e. The number of amides is 1. The first kappa shape index (κ1) is 23.7. The predicted octanol–water partition coefficient (Wildman–Crippen LogP) is 3.72. The van der Waals surface area contributed by atoms with Gasteiger partial charge in [-0.05, 0) is 62.7 Å². The molecule has 2 aromatic carbocycles. The van der Waals surface area contributed by atoms with Gasteiger partial charge in [-0.1, -0.05) is 30.3 Å². The maximum absolute atomic E-state index is 13.5. The molecular formula is C27H32N4O3. The normalized spacial score (nSPS) is 16.5. The molecule has 1 fully saturated rings. The third-order valence-electron chi connectivity index (χ3n) is 6.64. The van der Waals surface area contributed by atoms with Crippen LogP contribution in [0.4, 0.5) is 0 Å². The largest absolute Gasteiger partial charge is 0.469 e. The van der Waals surface area contributed by atoms with Gasteiger partial charge in [0, 0.05) is 37.3 Å². The number of piperazine rings is 1. The molecule has 7 nitrogen and oxygen atoms in total. The molecular weight excluding hydrogens is 428 g/mol. The van der Waals surface area contributed by atoms with E-state index in [0.717, 1.165) is 41.3 Å². The maximum atomic E-state index is 13.5. The minimum absolute atomic E-state index is 0.0282. The van der Waals surface area contributed by atoms with Crippen molar-refractivity contribution in [3.05, 3.63) is 82.7 Å². The van der Waals surface area contributed by atoms with Gasteiger partial charge in [-0.3, -0.25) is 9.59 Å². The Bertz CT molecular complexity index is 1150. The number of carbonyl (C=O) groups is 2. The minimum Gasteiger partial charge on any atom is -0.469 e. The fraction of sp³-hybridized carbons (Fsp3) is 0.370. The van der Waals surface area contributed by atoms with E-state index >= 15 is 0 Å². The standard InChI is InChI=1S/C27H32N4O3/c1-19-24(14-15-26(32)34-4)20(2)31(28-19)23-12-10-22(11-13-23)27(33)30-17-16-29(3)18-25(30)21-8-6-5-7-9-21/h5-13,25H,14-18H2,1-4H3. The number of hydrogen-bond donors (Lipinski definition) is 0. The Kier molecular flexibility index (Phi) is 7.12. The molecule has 0 radical (unpaired) electrons. The summed E-state index contributed by atoms with van der Waals surface area (Å²) < 4.78 is 6.64. The molecule has 0 bridgehead atoms. The summed E-state index contributed by atoms with van der Waals surface area (Å²) in [6, 6.07) is 17.9. The summed E-state index contributed by atoms with van der Waals surface area (Å²) in [7, 11) is 3.50. The molecule has 1 atom stereocenters. The Balaban J connectivity index is 1.54. The van der Waals surface area contributed by atoms with Gasteiger partial charge in [0.25, 0.3) is 5.91 Å². The van der Waals surface area contributed by atoms with Crippen LogP contribution in [0.25, 0.3) is 5.69 Å². The Morgan fingerprint density at radius 2 is 1.74 bits per heavy atom. The van der Waals surface area contributed by atoms with E-state index in [1.165, 1.54) is 7.11 Å². The predicted molar refractivity (Wildman–Crippen MR) is 131 cm³/mol. The zero-order valence-electron chi connectivity index (χ0n) is 20.3. The average molecular weight is 461 g/mol. The van der Waals surface area contributed by atoms with Gasteiger partial charge in [-0.15, -0.1) is 0 Å². The Morgan fingerprint density at radius 3 is 2.41 bits per heavy atom. The smallest absolute Gasteiger partial charge is 0.305 e. The van der Waals surface area contributed by atoms with E-state index < -0.39 is 0 Å². The van der Waals surface area contributed by atoms with Crippen LogP contribution in [0.1, 0.15) is 45.3 Å². The second-order valence-electron chi connectivity index (χ2n) is 8.87. The number of esters is 1. The van der Waals surface area contributed by atoms with Gasteiger partial charge in [-0.2, -0.15) is 5.10 Å².